The van der Waals surface area contributed by atoms with Gasteiger partial charge in [-0.1, -0.05) is 24.3 Å². The summed E-state index contributed by atoms with van der Waals surface area (Å²) in [6.45, 7) is 0.0485. The van der Waals surface area contributed by atoms with Gasteiger partial charge in [-0.05, 0) is 53.1 Å². The summed E-state index contributed by atoms with van der Waals surface area (Å²) in [5.74, 6) is -1.04. The van der Waals surface area contributed by atoms with Gasteiger partial charge < -0.3 is 14.8 Å². The molecule has 4 aromatic rings. The Morgan fingerprint density at radius 1 is 0.939 bits per heavy atom. The number of hydrogen-bond acceptors (Lipinski definition) is 4. The molecule has 168 valence electrons. The van der Waals surface area contributed by atoms with Crippen LogP contribution in [0.2, 0.25) is 0 Å². The number of methoxy groups -OCH3 is 2. The third kappa shape index (κ3) is 4.69. The Balaban J connectivity index is 1.57. The van der Waals surface area contributed by atoms with Crippen LogP contribution in [-0.2, 0) is 6.54 Å². The monoisotopic (exact) mass is 449 g/mol. The molecule has 0 saturated carbocycles. The molecule has 0 atom stereocenters. The molecule has 8 heteroatoms. The minimum atomic E-state index is -0.959. The molecule has 33 heavy (non-hydrogen) atoms. The largest absolute Gasteiger partial charge is 0.493 e. The van der Waals surface area contributed by atoms with E-state index in [1.54, 1.807) is 25.1 Å². The zero-order chi connectivity index (χ0) is 23.4. The number of nitrogens with one attached hydrogen (secondary N) is 1. The van der Waals surface area contributed by atoms with Gasteiger partial charge in [0.25, 0.3) is 5.91 Å². The third-order valence-electron chi connectivity index (χ3n) is 5.15. The normalized spacial score (nSPS) is 10.7. The smallest absolute Gasteiger partial charge is 0.270 e. The van der Waals surface area contributed by atoms with Crippen LogP contribution in [0.1, 0.15) is 16.1 Å². The highest BCUT2D eigenvalue weighted by Crippen LogP contribution is 2.33. The number of amides is 1. The first-order valence-electron chi connectivity index (χ1n) is 10.1. The number of benzene rings is 3. The van der Waals surface area contributed by atoms with Crippen molar-refractivity contribution in [2.24, 2.45) is 0 Å². The van der Waals surface area contributed by atoms with Gasteiger partial charge in [0.15, 0.2) is 23.1 Å². The maximum atomic E-state index is 13.4. The number of aromatic nitrogens is 2. The van der Waals surface area contributed by atoms with Crippen molar-refractivity contribution in [3.05, 3.63) is 96.1 Å². The quantitative estimate of drug-likeness (QED) is 0.442. The van der Waals surface area contributed by atoms with Crippen molar-refractivity contribution in [3.63, 3.8) is 0 Å². The summed E-state index contributed by atoms with van der Waals surface area (Å²) in [5.41, 5.74) is 3.32. The highest BCUT2D eigenvalue weighted by molar-refractivity contribution is 5.93. The summed E-state index contributed by atoms with van der Waals surface area (Å²) in [7, 11) is 3.16. The lowest BCUT2D eigenvalue weighted by atomic mass is 10.0. The molecule has 1 aromatic heterocycles. The Bertz CT molecular complexity index is 1300. The fourth-order valence-corrected chi connectivity index (χ4v) is 3.44. The molecule has 0 unspecified atom stereocenters. The van der Waals surface area contributed by atoms with E-state index in [1.807, 2.05) is 42.5 Å². The molecule has 0 fully saturated rings. The highest BCUT2D eigenvalue weighted by Gasteiger charge is 2.14. The molecule has 0 spiro atoms. The molecule has 4 rings (SSSR count). The van der Waals surface area contributed by atoms with Crippen LogP contribution >= 0.6 is 0 Å². The molecular formula is C25H21F2N3O3. The SMILES string of the molecule is COc1ccc(-c2cccc(-n3cncc3C(=O)NCc3ccc(F)c(F)c3)c2)cc1OC. The lowest BCUT2D eigenvalue weighted by Crippen LogP contribution is -2.25. The zero-order valence-electron chi connectivity index (χ0n) is 18.0. The topological polar surface area (TPSA) is 65.4 Å². The van der Waals surface area contributed by atoms with E-state index < -0.39 is 17.5 Å². The van der Waals surface area contributed by atoms with Crippen molar-refractivity contribution in [2.45, 2.75) is 6.54 Å². The van der Waals surface area contributed by atoms with Crippen molar-refractivity contribution in [1.29, 1.82) is 0 Å². The van der Waals surface area contributed by atoms with Gasteiger partial charge in [-0.2, -0.15) is 0 Å². The summed E-state index contributed by atoms with van der Waals surface area (Å²) >= 11 is 0. The average molecular weight is 449 g/mol. The molecule has 6 nitrogen and oxygen atoms in total. The highest BCUT2D eigenvalue weighted by atomic mass is 19.2. The fourth-order valence-electron chi connectivity index (χ4n) is 3.44. The molecule has 0 aliphatic heterocycles. The van der Waals surface area contributed by atoms with E-state index in [0.29, 0.717) is 22.8 Å². The van der Waals surface area contributed by atoms with Crippen molar-refractivity contribution >= 4 is 5.91 Å². The first kappa shape index (κ1) is 22.0. The van der Waals surface area contributed by atoms with Crippen LogP contribution in [0, 0.1) is 11.6 Å². The van der Waals surface area contributed by atoms with Crippen LogP contribution in [0.4, 0.5) is 8.78 Å². The van der Waals surface area contributed by atoms with Crippen molar-refractivity contribution in [3.8, 4) is 28.3 Å². The number of carbonyl (C=O) groups excluding carboxylic acids is 1. The Labute approximate surface area is 189 Å². The zero-order valence-corrected chi connectivity index (χ0v) is 18.0. The van der Waals surface area contributed by atoms with Crippen molar-refractivity contribution < 1.29 is 23.0 Å². The van der Waals surface area contributed by atoms with Gasteiger partial charge in [0, 0.05) is 12.2 Å². The maximum Gasteiger partial charge on any atom is 0.270 e. The summed E-state index contributed by atoms with van der Waals surface area (Å²) < 4.78 is 38.9. The first-order valence-corrected chi connectivity index (χ1v) is 10.1. The second-order valence-corrected chi connectivity index (χ2v) is 7.20. The summed E-state index contributed by atoms with van der Waals surface area (Å²) in [5, 5.41) is 2.71. The number of halogens is 2. The third-order valence-corrected chi connectivity index (χ3v) is 5.15. The van der Waals surface area contributed by atoms with Crippen LogP contribution < -0.4 is 14.8 Å². The van der Waals surface area contributed by atoms with Crippen LogP contribution in [0.5, 0.6) is 11.5 Å². The van der Waals surface area contributed by atoms with Crippen LogP contribution in [-0.4, -0.2) is 29.7 Å². The van der Waals surface area contributed by atoms with Gasteiger partial charge in [-0.25, -0.2) is 13.8 Å². The van der Waals surface area contributed by atoms with Gasteiger partial charge in [-0.15, -0.1) is 0 Å². The molecule has 1 heterocycles. The maximum absolute atomic E-state index is 13.4. The van der Waals surface area contributed by atoms with E-state index in [9.17, 15) is 13.6 Å². The van der Waals surface area contributed by atoms with Crippen molar-refractivity contribution in [1.82, 2.24) is 14.9 Å². The Kier molecular flexibility index (Phi) is 6.35. The number of rotatable bonds is 7. The molecular weight excluding hydrogens is 428 g/mol. The van der Waals surface area contributed by atoms with Crippen LogP contribution in [0.3, 0.4) is 0 Å². The van der Waals surface area contributed by atoms with Gasteiger partial charge in [0.05, 0.1) is 26.7 Å². The summed E-state index contributed by atoms with van der Waals surface area (Å²) in [6.07, 6.45) is 2.99. The van der Waals surface area contributed by atoms with E-state index in [2.05, 4.69) is 10.3 Å². The number of carbonyl (C=O) groups is 1. The van der Waals surface area contributed by atoms with Crippen molar-refractivity contribution in [2.75, 3.05) is 14.2 Å². The minimum absolute atomic E-state index is 0.0485. The lowest BCUT2D eigenvalue weighted by Gasteiger charge is -2.12. The van der Waals surface area contributed by atoms with E-state index in [1.165, 1.54) is 12.3 Å². The molecule has 0 radical (unpaired) electrons. The first-order chi connectivity index (χ1) is 16.0. The van der Waals surface area contributed by atoms with E-state index in [4.69, 9.17) is 9.47 Å². The van der Waals surface area contributed by atoms with E-state index >= 15 is 0 Å². The summed E-state index contributed by atoms with van der Waals surface area (Å²) in [4.78, 5) is 16.9. The molecule has 0 bridgehead atoms. The Morgan fingerprint density at radius 3 is 2.48 bits per heavy atom. The number of imidazole rings is 1. The number of ether oxygens (including phenoxy) is 2. The molecule has 0 aliphatic rings. The van der Waals surface area contributed by atoms with Gasteiger partial charge in [0.1, 0.15) is 5.69 Å². The number of nitrogens with zero attached hydrogens (tertiary/aromatic N) is 2. The average Bonchev–Trinajstić information content (AvgIpc) is 3.34. The summed E-state index contributed by atoms with van der Waals surface area (Å²) in [6, 6.07) is 16.7. The lowest BCUT2D eigenvalue weighted by molar-refractivity contribution is 0.0944. The van der Waals surface area contributed by atoms with Crippen LogP contribution in [0.25, 0.3) is 16.8 Å². The molecule has 0 saturated heterocycles. The predicted molar refractivity (Wildman–Crippen MR) is 120 cm³/mol. The van der Waals surface area contributed by atoms with E-state index in [0.717, 1.165) is 28.9 Å². The molecule has 3 aromatic carbocycles. The molecule has 1 N–H and O–H groups in total. The molecule has 1 amide bonds. The van der Waals surface area contributed by atoms with Gasteiger partial charge in [-0.3, -0.25) is 9.36 Å². The fraction of sp³-hybridized carbons (Fsp3) is 0.120. The standard InChI is InChI=1S/C25H21F2N3O3/c1-32-23-9-7-18(12-24(23)33-2)17-4-3-5-19(11-17)30-15-28-14-22(30)25(31)29-13-16-6-8-20(26)21(27)10-16/h3-12,14-15H,13H2,1-2H3,(H,29,31). The van der Waals surface area contributed by atoms with E-state index in [-0.39, 0.29) is 6.54 Å². The predicted octanol–water partition coefficient (Wildman–Crippen LogP) is 4.76. The Morgan fingerprint density at radius 2 is 1.73 bits per heavy atom. The second kappa shape index (κ2) is 9.52. The number of hydrogen-bond donors (Lipinski definition) is 1. The van der Waals surface area contributed by atoms with Gasteiger partial charge >= 0.3 is 0 Å². The van der Waals surface area contributed by atoms with Gasteiger partial charge in [0.2, 0.25) is 0 Å². The molecule has 0 aliphatic carbocycles. The van der Waals surface area contributed by atoms with Crippen LogP contribution in [0.15, 0.2) is 73.2 Å². The minimum Gasteiger partial charge on any atom is -0.493 e. The second-order valence-electron chi connectivity index (χ2n) is 7.20. The Hall–Kier alpha value is -4.20.